The third-order valence-electron chi connectivity index (χ3n) is 10.1. The Morgan fingerprint density at radius 3 is 2.47 bits per heavy atom. The van der Waals surface area contributed by atoms with E-state index in [4.69, 9.17) is 4.74 Å². The molecule has 1 spiro atoms. The summed E-state index contributed by atoms with van der Waals surface area (Å²) in [6, 6.07) is 9.57. The van der Waals surface area contributed by atoms with Crippen molar-refractivity contribution in [1.29, 1.82) is 0 Å². The van der Waals surface area contributed by atoms with Gasteiger partial charge in [-0.1, -0.05) is 43.5 Å². The van der Waals surface area contributed by atoms with E-state index in [1.54, 1.807) is 6.20 Å². The second kappa shape index (κ2) is 13.7. The molecule has 1 N–H and O–H groups in total. The molecule has 1 atom stereocenters. The Balaban J connectivity index is 1.10. The minimum absolute atomic E-state index is 0.0476. The van der Waals surface area contributed by atoms with Crippen molar-refractivity contribution in [2.24, 2.45) is 12.5 Å². The molecule has 0 bridgehead atoms. The highest BCUT2D eigenvalue weighted by Crippen LogP contribution is 2.45. The number of aromatic nitrogens is 4. The number of carbonyl (C=O) groups excluding carboxylic acids is 1. The number of rotatable bonds is 11. The molecular weight excluding hydrogens is 538 g/mol. The van der Waals surface area contributed by atoms with E-state index in [0.717, 1.165) is 56.8 Å². The lowest BCUT2D eigenvalue weighted by molar-refractivity contribution is -0.148. The monoisotopic (exact) mass is 587 g/mol. The van der Waals surface area contributed by atoms with Crippen LogP contribution in [0.3, 0.4) is 0 Å². The Morgan fingerprint density at radius 1 is 1.02 bits per heavy atom. The molecule has 6 rings (SSSR count). The van der Waals surface area contributed by atoms with Crippen molar-refractivity contribution in [3.05, 3.63) is 71.8 Å². The van der Waals surface area contributed by atoms with Crippen LogP contribution in [0, 0.1) is 5.41 Å². The summed E-state index contributed by atoms with van der Waals surface area (Å²) in [5, 5.41) is 0. The van der Waals surface area contributed by atoms with E-state index in [0.29, 0.717) is 6.61 Å². The minimum Gasteiger partial charge on any atom is -0.465 e. The van der Waals surface area contributed by atoms with Crippen molar-refractivity contribution in [3.63, 3.8) is 0 Å². The van der Waals surface area contributed by atoms with Gasteiger partial charge in [-0.3, -0.25) is 14.6 Å². The van der Waals surface area contributed by atoms with Crippen molar-refractivity contribution < 1.29 is 9.53 Å². The van der Waals surface area contributed by atoms with Crippen LogP contribution in [0.2, 0.25) is 0 Å². The lowest BCUT2D eigenvalue weighted by atomic mass is 9.76. The van der Waals surface area contributed by atoms with Gasteiger partial charge in [-0.25, -0.2) is 9.97 Å². The van der Waals surface area contributed by atoms with E-state index in [9.17, 15) is 4.79 Å². The van der Waals surface area contributed by atoms with Gasteiger partial charge in [0.15, 0.2) is 0 Å². The number of esters is 1. The van der Waals surface area contributed by atoms with Gasteiger partial charge < -0.3 is 19.2 Å². The van der Waals surface area contributed by atoms with Crippen molar-refractivity contribution in [1.82, 2.24) is 34.2 Å². The number of likely N-dealkylation sites (tertiary alicyclic amines) is 2. The van der Waals surface area contributed by atoms with Gasteiger partial charge in [0.25, 0.3) is 0 Å². The number of aromatic amines is 1. The van der Waals surface area contributed by atoms with Crippen LogP contribution in [-0.4, -0.2) is 78.5 Å². The Morgan fingerprint density at radius 2 is 1.79 bits per heavy atom. The maximum atomic E-state index is 13.1. The Bertz CT molecular complexity index is 1290. The predicted octanol–water partition coefficient (Wildman–Crippen LogP) is 4.90. The fraction of sp³-hybridized carbons (Fsp3) is 0.618. The highest BCUT2D eigenvalue weighted by Gasteiger charge is 2.49. The van der Waals surface area contributed by atoms with Crippen LogP contribution in [0.25, 0.3) is 0 Å². The Labute approximate surface area is 256 Å². The molecule has 1 aromatic carbocycles. The normalized spacial score (nSPS) is 21.6. The third kappa shape index (κ3) is 7.39. The largest absolute Gasteiger partial charge is 0.465 e. The smallest absolute Gasteiger partial charge is 0.323 e. The van der Waals surface area contributed by atoms with Gasteiger partial charge in [0.2, 0.25) is 0 Å². The van der Waals surface area contributed by atoms with Crippen LogP contribution in [-0.2, 0) is 42.8 Å². The first kappa shape index (κ1) is 30.0. The molecule has 9 heteroatoms. The first-order valence-electron chi connectivity index (χ1n) is 16.4. The topological polar surface area (TPSA) is 82.5 Å². The average molecular weight is 588 g/mol. The van der Waals surface area contributed by atoms with E-state index in [1.807, 2.05) is 32.6 Å². The molecule has 9 nitrogen and oxygen atoms in total. The average Bonchev–Trinajstić information content (AvgIpc) is 3.77. The van der Waals surface area contributed by atoms with Crippen LogP contribution < -0.4 is 0 Å². The number of nitrogens with one attached hydrogen (secondary N) is 1. The van der Waals surface area contributed by atoms with Crippen molar-refractivity contribution in [3.8, 4) is 0 Å². The highest BCUT2D eigenvalue weighted by atomic mass is 16.5. The molecule has 0 unspecified atom stereocenters. The predicted molar refractivity (Wildman–Crippen MR) is 167 cm³/mol. The lowest BCUT2D eigenvalue weighted by Crippen LogP contribution is -2.46. The number of carbonyl (C=O) groups is 1. The van der Waals surface area contributed by atoms with Gasteiger partial charge in [-0.15, -0.1) is 0 Å². The number of aryl methyl sites for hydroxylation is 1. The van der Waals surface area contributed by atoms with Crippen LogP contribution in [0.5, 0.6) is 0 Å². The van der Waals surface area contributed by atoms with E-state index >= 15 is 0 Å². The van der Waals surface area contributed by atoms with Gasteiger partial charge in [0.1, 0.15) is 17.7 Å². The maximum absolute atomic E-state index is 13.1. The van der Waals surface area contributed by atoms with E-state index in [2.05, 4.69) is 58.5 Å². The summed E-state index contributed by atoms with van der Waals surface area (Å²) in [5.41, 5.74) is 2.72. The number of piperidine rings is 1. The number of benzene rings is 1. The molecule has 43 heavy (non-hydrogen) atoms. The van der Waals surface area contributed by atoms with Gasteiger partial charge in [-0.05, 0) is 68.7 Å². The summed E-state index contributed by atoms with van der Waals surface area (Å²) < 4.78 is 7.66. The van der Waals surface area contributed by atoms with Crippen molar-refractivity contribution in [2.45, 2.75) is 96.6 Å². The second-order valence-electron chi connectivity index (χ2n) is 13.2. The Hall–Kier alpha value is -3.01. The van der Waals surface area contributed by atoms with Crippen LogP contribution in [0.15, 0.2) is 49.1 Å². The van der Waals surface area contributed by atoms with E-state index < -0.39 is 0 Å². The van der Waals surface area contributed by atoms with Gasteiger partial charge in [0.05, 0.1) is 19.7 Å². The maximum Gasteiger partial charge on any atom is 0.323 e. The summed E-state index contributed by atoms with van der Waals surface area (Å²) in [5.74, 6) is 1.93. The fourth-order valence-corrected chi connectivity index (χ4v) is 7.71. The molecule has 3 fully saturated rings. The fourth-order valence-electron chi connectivity index (χ4n) is 7.71. The molecular formula is C34H49N7O2. The van der Waals surface area contributed by atoms with Crippen molar-refractivity contribution in [2.75, 3.05) is 26.2 Å². The van der Waals surface area contributed by atoms with Gasteiger partial charge >= 0.3 is 5.97 Å². The molecule has 0 radical (unpaired) electrons. The lowest BCUT2D eigenvalue weighted by Gasteiger charge is -2.43. The summed E-state index contributed by atoms with van der Waals surface area (Å²) >= 11 is 0. The Kier molecular flexibility index (Phi) is 9.60. The molecule has 2 saturated heterocycles. The molecule has 232 valence electrons. The van der Waals surface area contributed by atoms with Crippen LogP contribution in [0.4, 0.5) is 0 Å². The quantitative estimate of drug-likeness (QED) is 0.320. The number of hydrogen-bond donors (Lipinski definition) is 1. The number of imidazole rings is 2. The first-order chi connectivity index (χ1) is 21.0. The van der Waals surface area contributed by atoms with Crippen LogP contribution in [0.1, 0.15) is 81.1 Å². The molecule has 1 aliphatic carbocycles. The zero-order valence-electron chi connectivity index (χ0n) is 26.1. The number of nitrogens with zero attached hydrogens (tertiary/aromatic N) is 6. The highest BCUT2D eigenvalue weighted by molar-refractivity contribution is 5.76. The molecule has 3 aromatic rings. The number of H-pyrrole nitrogens is 1. The SMILES string of the molecule is CCOC(=O)[C@H]1CC2(CCN(C3CCCCC3)CC2)CN1Cc1ccc(CN(Cc2ncc[nH]2)Cc2nccn2C)cc1. The summed E-state index contributed by atoms with van der Waals surface area (Å²) in [6.45, 7) is 8.72. The number of hydrogen-bond acceptors (Lipinski definition) is 7. The zero-order chi connectivity index (χ0) is 29.6. The first-order valence-corrected chi connectivity index (χ1v) is 16.4. The minimum atomic E-state index is -0.151. The summed E-state index contributed by atoms with van der Waals surface area (Å²) in [6.07, 6.45) is 17.7. The summed E-state index contributed by atoms with van der Waals surface area (Å²) in [4.78, 5) is 32.9. The standard InChI is InChI=1S/C34H49N7O2/c1-3-43-33(42)30-21-34(13-18-40(19-14-34)29-7-5-4-6-8-29)26-41(30)23-28-11-9-27(10-12-28)22-39(24-31-35-15-16-36-31)25-32-37-17-20-38(32)2/h9-12,15-17,20,29-30H,3-8,13-14,18-19,21-26H2,1-2H3,(H,35,36)/t30-/m1/s1. The van der Waals surface area contributed by atoms with Gasteiger partial charge in [-0.2, -0.15) is 0 Å². The van der Waals surface area contributed by atoms with Crippen molar-refractivity contribution >= 4 is 5.97 Å². The molecule has 0 amide bonds. The number of ether oxygens (including phenoxy) is 1. The molecule has 3 aliphatic rings. The molecule has 2 aliphatic heterocycles. The molecule has 2 aromatic heterocycles. The molecule has 1 saturated carbocycles. The van der Waals surface area contributed by atoms with Gasteiger partial charge in [0, 0.05) is 57.5 Å². The van der Waals surface area contributed by atoms with E-state index in [1.165, 1.54) is 69.2 Å². The molecule has 4 heterocycles. The van der Waals surface area contributed by atoms with E-state index in [-0.39, 0.29) is 17.4 Å². The van der Waals surface area contributed by atoms with Crippen LogP contribution >= 0.6 is 0 Å². The summed E-state index contributed by atoms with van der Waals surface area (Å²) in [7, 11) is 2.04. The second-order valence-corrected chi connectivity index (χ2v) is 13.2. The third-order valence-corrected chi connectivity index (χ3v) is 10.1. The zero-order valence-corrected chi connectivity index (χ0v) is 26.1.